The van der Waals surface area contributed by atoms with Gasteiger partial charge in [0.25, 0.3) is 0 Å². The zero-order valence-electron chi connectivity index (χ0n) is 9.13. The summed E-state index contributed by atoms with van der Waals surface area (Å²) < 4.78 is 0. The van der Waals surface area contributed by atoms with Crippen LogP contribution < -0.4 is 5.32 Å². The molecule has 0 aliphatic carbocycles. The fourth-order valence-corrected chi connectivity index (χ4v) is 2.15. The summed E-state index contributed by atoms with van der Waals surface area (Å²) in [5.74, 6) is 0. The number of nitrogens with zero attached hydrogens (tertiary/aromatic N) is 2. The number of rotatable bonds is 5. The van der Waals surface area contributed by atoms with Gasteiger partial charge in [-0.15, -0.1) is 0 Å². The third kappa shape index (κ3) is 3.65. The molecule has 0 bridgehead atoms. The van der Waals surface area contributed by atoms with Crippen LogP contribution in [0.15, 0.2) is 0 Å². The smallest absolute Gasteiger partial charge is 0.0148 e. The standard InChI is InChI=1S/C11H23N2/c1-3-9-13(10-4-2)11-5-7-12-8-6-11/h11H,3-10H2,1-2H3. The van der Waals surface area contributed by atoms with Crippen molar-refractivity contribution in [2.75, 3.05) is 26.2 Å². The fourth-order valence-electron chi connectivity index (χ4n) is 2.15. The minimum absolute atomic E-state index is 0.831. The zero-order chi connectivity index (χ0) is 9.52. The maximum absolute atomic E-state index is 4.40. The van der Waals surface area contributed by atoms with E-state index in [1.807, 2.05) is 0 Å². The van der Waals surface area contributed by atoms with Crippen LogP contribution in [0.25, 0.3) is 0 Å². The fraction of sp³-hybridized carbons (Fsp3) is 1.00. The maximum Gasteiger partial charge on any atom is 0.0148 e. The molecule has 1 saturated heterocycles. The van der Waals surface area contributed by atoms with E-state index in [0.717, 1.165) is 19.1 Å². The van der Waals surface area contributed by atoms with Crippen LogP contribution in [0.3, 0.4) is 0 Å². The summed E-state index contributed by atoms with van der Waals surface area (Å²) in [4.78, 5) is 2.66. The molecule has 13 heavy (non-hydrogen) atoms. The monoisotopic (exact) mass is 183 g/mol. The van der Waals surface area contributed by atoms with Gasteiger partial charge in [0.15, 0.2) is 0 Å². The zero-order valence-corrected chi connectivity index (χ0v) is 9.13. The highest BCUT2D eigenvalue weighted by Gasteiger charge is 2.19. The Morgan fingerprint density at radius 3 is 2.08 bits per heavy atom. The molecule has 0 saturated carbocycles. The van der Waals surface area contributed by atoms with E-state index < -0.39 is 0 Å². The largest absolute Gasteiger partial charge is 0.300 e. The first-order valence-electron chi connectivity index (χ1n) is 5.75. The van der Waals surface area contributed by atoms with E-state index in [2.05, 4.69) is 24.1 Å². The molecule has 0 aromatic rings. The van der Waals surface area contributed by atoms with E-state index in [0.29, 0.717) is 0 Å². The topological polar surface area (TPSA) is 17.3 Å². The first-order valence-corrected chi connectivity index (χ1v) is 5.75. The average Bonchev–Trinajstić information content (AvgIpc) is 2.19. The molecule has 1 rings (SSSR count). The summed E-state index contributed by atoms with van der Waals surface area (Å²) in [5.41, 5.74) is 0. The molecule has 0 atom stereocenters. The van der Waals surface area contributed by atoms with Crippen LogP contribution in [0.2, 0.25) is 0 Å². The minimum Gasteiger partial charge on any atom is -0.300 e. The Bertz CT molecular complexity index is 113. The predicted molar refractivity (Wildman–Crippen MR) is 57.0 cm³/mol. The van der Waals surface area contributed by atoms with Crippen molar-refractivity contribution in [3.63, 3.8) is 0 Å². The lowest BCUT2D eigenvalue weighted by Gasteiger charge is -2.33. The van der Waals surface area contributed by atoms with Crippen molar-refractivity contribution in [1.82, 2.24) is 10.2 Å². The molecule has 2 nitrogen and oxygen atoms in total. The minimum atomic E-state index is 0.831. The van der Waals surface area contributed by atoms with Gasteiger partial charge in [-0.05, 0) is 38.8 Å². The SMILES string of the molecule is CCCN(CCC)C1CC[N]CC1. The Morgan fingerprint density at radius 1 is 1.08 bits per heavy atom. The molecule has 0 unspecified atom stereocenters. The van der Waals surface area contributed by atoms with Crippen LogP contribution in [0.5, 0.6) is 0 Å². The second kappa shape index (κ2) is 6.39. The summed E-state index contributed by atoms with van der Waals surface area (Å²) in [6.07, 6.45) is 5.15. The maximum atomic E-state index is 4.40. The molecular formula is C11H23N2. The van der Waals surface area contributed by atoms with E-state index in [1.165, 1.54) is 38.8 Å². The van der Waals surface area contributed by atoms with Gasteiger partial charge < -0.3 is 4.90 Å². The van der Waals surface area contributed by atoms with E-state index in [4.69, 9.17) is 0 Å². The molecule has 0 aromatic carbocycles. The van der Waals surface area contributed by atoms with E-state index in [1.54, 1.807) is 0 Å². The summed E-state index contributed by atoms with van der Waals surface area (Å²) in [5, 5.41) is 4.40. The Labute approximate surface area is 82.7 Å². The van der Waals surface area contributed by atoms with Crippen molar-refractivity contribution >= 4 is 0 Å². The second-order valence-electron chi connectivity index (χ2n) is 3.94. The Hall–Kier alpha value is -0.0800. The Kier molecular flexibility index (Phi) is 5.40. The molecular weight excluding hydrogens is 160 g/mol. The first kappa shape index (κ1) is 11.0. The molecule has 1 aliphatic heterocycles. The summed E-state index contributed by atoms with van der Waals surface area (Å²) in [6.45, 7) is 9.28. The van der Waals surface area contributed by atoms with Crippen LogP contribution in [0.1, 0.15) is 39.5 Å². The second-order valence-corrected chi connectivity index (χ2v) is 3.94. The summed E-state index contributed by atoms with van der Waals surface area (Å²) >= 11 is 0. The molecule has 1 fully saturated rings. The Morgan fingerprint density at radius 2 is 1.62 bits per heavy atom. The molecule has 0 amide bonds. The molecule has 0 aromatic heterocycles. The van der Waals surface area contributed by atoms with E-state index in [-0.39, 0.29) is 0 Å². The Balaban J connectivity index is 2.32. The lowest BCUT2D eigenvalue weighted by atomic mass is 10.0. The quantitative estimate of drug-likeness (QED) is 0.636. The highest BCUT2D eigenvalue weighted by atomic mass is 15.2. The van der Waals surface area contributed by atoms with Gasteiger partial charge in [-0.25, -0.2) is 5.32 Å². The predicted octanol–water partition coefficient (Wildman–Crippen LogP) is 1.88. The van der Waals surface area contributed by atoms with Crippen LogP contribution >= 0.6 is 0 Å². The molecule has 0 spiro atoms. The van der Waals surface area contributed by atoms with Crippen molar-refractivity contribution in [3.05, 3.63) is 0 Å². The summed E-state index contributed by atoms with van der Waals surface area (Å²) in [6, 6.07) is 0.831. The molecule has 77 valence electrons. The van der Waals surface area contributed by atoms with E-state index >= 15 is 0 Å². The van der Waals surface area contributed by atoms with Gasteiger partial charge in [-0.2, -0.15) is 0 Å². The highest BCUT2D eigenvalue weighted by molar-refractivity contribution is 4.77. The molecule has 2 heteroatoms. The molecule has 1 heterocycles. The molecule has 1 radical (unpaired) electrons. The first-order chi connectivity index (χ1) is 6.38. The number of hydrogen-bond acceptors (Lipinski definition) is 1. The van der Waals surface area contributed by atoms with Gasteiger partial charge in [0.2, 0.25) is 0 Å². The van der Waals surface area contributed by atoms with Crippen molar-refractivity contribution in [3.8, 4) is 0 Å². The van der Waals surface area contributed by atoms with Crippen molar-refractivity contribution in [2.24, 2.45) is 0 Å². The summed E-state index contributed by atoms with van der Waals surface area (Å²) in [7, 11) is 0. The normalized spacial score (nSPS) is 19.6. The van der Waals surface area contributed by atoms with Gasteiger partial charge in [0, 0.05) is 19.1 Å². The highest BCUT2D eigenvalue weighted by Crippen LogP contribution is 2.13. The average molecular weight is 183 g/mol. The van der Waals surface area contributed by atoms with Crippen LogP contribution in [-0.4, -0.2) is 37.1 Å². The number of hydrogen-bond donors (Lipinski definition) is 0. The van der Waals surface area contributed by atoms with Crippen LogP contribution in [-0.2, 0) is 0 Å². The third-order valence-electron chi connectivity index (χ3n) is 2.78. The van der Waals surface area contributed by atoms with Gasteiger partial charge in [-0.3, -0.25) is 0 Å². The van der Waals surface area contributed by atoms with Gasteiger partial charge >= 0.3 is 0 Å². The lowest BCUT2D eigenvalue weighted by molar-refractivity contribution is 0.161. The lowest BCUT2D eigenvalue weighted by Crippen LogP contribution is -2.42. The third-order valence-corrected chi connectivity index (χ3v) is 2.78. The van der Waals surface area contributed by atoms with E-state index in [9.17, 15) is 0 Å². The molecule has 1 aliphatic rings. The van der Waals surface area contributed by atoms with Gasteiger partial charge in [0.1, 0.15) is 0 Å². The van der Waals surface area contributed by atoms with Gasteiger partial charge in [0.05, 0.1) is 0 Å². The van der Waals surface area contributed by atoms with Crippen molar-refractivity contribution in [1.29, 1.82) is 0 Å². The molecule has 0 N–H and O–H groups in total. The number of piperidine rings is 1. The van der Waals surface area contributed by atoms with Gasteiger partial charge in [-0.1, -0.05) is 13.8 Å². The van der Waals surface area contributed by atoms with Crippen LogP contribution in [0.4, 0.5) is 0 Å². The van der Waals surface area contributed by atoms with Crippen LogP contribution in [0, 0.1) is 0 Å². The van der Waals surface area contributed by atoms with Crippen molar-refractivity contribution in [2.45, 2.75) is 45.6 Å². The van der Waals surface area contributed by atoms with Crippen molar-refractivity contribution < 1.29 is 0 Å².